The molecule has 0 saturated heterocycles. The average Bonchev–Trinajstić information content (AvgIpc) is 2.62. The molecule has 82 valence electrons. The van der Waals surface area contributed by atoms with E-state index in [1.807, 2.05) is 24.3 Å². The van der Waals surface area contributed by atoms with Gasteiger partial charge in [-0.1, -0.05) is 23.7 Å². The van der Waals surface area contributed by atoms with Gasteiger partial charge in [-0.05, 0) is 19.1 Å². The maximum atomic E-state index is 10.9. The lowest BCUT2D eigenvalue weighted by molar-refractivity contribution is 0.110. The van der Waals surface area contributed by atoms with Crippen molar-refractivity contribution in [1.82, 2.24) is 4.37 Å². The molecule has 1 unspecified atom stereocenters. The summed E-state index contributed by atoms with van der Waals surface area (Å²) in [6.07, 6.45) is -0.560. The van der Waals surface area contributed by atoms with Crippen molar-refractivity contribution in [2.24, 2.45) is 0 Å². The zero-order valence-electron chi connectivity index (χ0n) is 8.30. The molecule has 1 aromatic heterocycles. The first-order valence-electron chi connectivity index (χ1n) is 4.50. The van der Waals surface area contributed by atoms with Gasteiger partial charge < -0.3 is 10.2 Å². The van der Waals surface area contributed by atoms with E-state index >= 15 is 0 Å². The Bertz CT molecular complexity index is 461. The van der Waals surface area contributed by atoms with Gasteiger partial charge in [0.2, 0.25) is 0 Å². The summed E-state index contributed by atoms with van der Waals surface area (Å²) in [5.41, 5.74) is 0.0144. The second kappa shape index (κ2) is 5.65. The summed E-state index contributed by atoms with van der Waals surface area (Å²) in [6.45, 7) is 1.39. The van der Waals surface area contributed by atoms with Crippen molar-refractivity contribution >= 4 is 21.6 Å². The third kappa shape index (κ3) is 3.47. The molecule has 1 atom stereocenters. The van der Waals surface area contributed by atoms with Gasteiger partial charge in [0, 0.05) is 0 Å². The van der Waals surface area contributed by atoms with Crippen LogP contribution in [0.25, 0.3) is 10.1 Å². The van der Waals surface area contributed by atoms with Crippen LogP contribution >= 0.6 is 11.5 Å². The summed E-state index contributed by atoms with van der Waals surface area (Å²) in [7, 11) is 0. The molecule has 2 rings (SSSR count). The molecule has 0 aliphatic carbocycles. The zero-order chi connectivity index (χ0) is 11.3. The van der Waals surface area contributed by atoms with E-state index in [0.717, 1.165) is 10.1 Å². The van der Waals surface area contributed by atoms with Gasteiger partial charge in [-0.25, -0.2) is 0 Å². The Balaban J connectivity index is 0.000000195. The summed E-state index contributed by atoms with van der Waals surface area (Å²) < 4.78 is 3.68. The Hall–Kier alpha value is -1.17. The molecule has 1 aromatic carbocycles. The van der Waals surface area contributed by atoms with E-state index < -0.39 is 6.10 Å². The number of nitrogens with one attached hydrogen (secondary N) is 1. The number of aromatic amines is 1. The highest BCUT2D eigenvalue weighted by atomic mass is 32.1. The Morgan fingerprint density at radius 1 is 1.47 bits per heavy atom. The average molecular weight is 227 g/mol. The molecule has 0 aliphatic rings. The maximum absolute atomic E-state index is 10.9. The number of H-pyrrole nitrogens is 1. The lowest BCUT2D eigenvalue weighted by Gasteiger charge is -1.90. The van der Waals surface area contributed by atoms with Crippen molar-refractivity contribution in [1.29, 1.82) is 0 Å². The van der Waals surface area contributed by atoms with Gasteiger partial charge >= 0.3 is 0 Å². The van der Waals surface area contributed by atoms with Gasteiger partial charge in [-0.15, -0.1) is 0 Å². The molecule has 4 nitrogen and oxygen atoms in total. The third-order valence-electron chi connectivity index (χ3n) is 1.65. The first-order valence-corrected chi connectivity index (χ1v) is 5.32. The minimum absolute atomic E-state index is 0.0144. The topological polar surface area (TPSA) is 73.3 Å². The second-order valence-corrected chi connectivity index (χ2v) is 3.91. The molecule has 0 aliphatic heterocycles. The number of benzene rings is 1. The van der Waals surface area contributed by atoms with Crippen molar-refractivity contribution in [3.63, 3.8) is 0 Å². The van der Waals surface area contributed by atoms with E-state index in [2.05, 4.69) is 4.37 Å². The van der Waals surface area contributed by atoms with E-state index in [-0.39, 0.29) is 12.2 Å². The largest absolute Gasteiger partial charge is 0.394 e. The third-order valence-corrected chi connectivity index (χ3v) is 2.51. The quantitative estimate of drug-likeness (QED) is 0.679. The standard InChI is InChI=1S/C7H5NOS.C3H8O2/c9-7-5-3-1-2-4-6(5)10-8-7;1-3(5)2-4/h1-4H,(H,8,9);3-5H,2H2,1H3. The van der Waals surface area contributed by atoms with Gasteiger partial charge in [0.15, 0.2) is 0 Å². The molecule has 5 heteroatoms. The number of fused-ring (bicyclic) bond motifs is 1. The van der Waals surface area contributed by atoms with E-state index in [0.29, 0.717) is 0 Å². The molecular weight excluding hydrogens is 214 g/mol. The SMILES string of the molecule is CC(O)CO.O=c1[nH]sc2ccccc12. The van der Waals surface area contributed by atoms with Crippen LogP contribution in [0.4, 0.5) is 0 Å². The van der Waals surface area contributed by atoms with E-state index in [4.69, 9.17) is 10.2 Å². The van der Waals surface area contributed by atoms with E-state index in [9.17, 15) is 4.79 Å². The van der Waals surface area contributed by atoms with Crippen LogP contribution in [0, 0.1) is 0 Å². The highest BCUT2D eigenvalue weighted by Crippen LogP contribution is 2.11. The molecule has 15 heavy (non-hydrogen) atoms. The van der Waals surface area contributed by atoms with Gasteiger partial charge in [0.05, 0.1) is 22.8 Å². The predicted octanol–water partition coefficient (Wildman–Crippen LogP) is 0.949. The minimum atomic E-state index is -0.560. The first-order chi connectivity index (χ1) is 7.15. The summed E-state index contributed by atoms with van der Waals surface area (Å²) in [5.74, 6) is 0. The number of aliphatic hydroxyl groups is 2. The smallest absolute Gasteiger partial charge is 0.265 e. The van der Waals surface area contributed by atoms with E-state index in [1.54, 1.807) is 0 Å². The number of aromatic nitrogens is 1. The molecule has 3 N–H and O–H groups in total. The van der Waals surface area contributed by atoms with Crippen LogP contribution in [0.3, 0.4) is 0 Å². The lowest BCUT2D eigenvalue weighted by atomic mass is 10.3. The lowest BCUT2D eigenvalue weighted by Crippen LogP contribution is -2.03. The number of aliphatic hydroxyl groups excluding tert-OH is 2. The maximum Gasteiger partial charge on any atom is 0.265 e. The molecule has 0 radical (unpaired) electrons. The predicted molar refractivity (Wildman–Crippen MR) is 61.2 cm³/mol. The van der Waals surface area contributed by atoms with E-state index in [1.165, 1.54) is 18.5 Å². The van der Waals surface area contributed by atoms with Crippen molar-refractivity contribution < 1.29 is 10.2 Å². The molecule has 1 heterocycles. The van der Waals surface area contributed by atoms with Crippen LogP contribution in [0.2, 0.25) is 0 Å². The fraction of sp³-hybridized carbons (Fsp3) is 0.300. The minimum Gasteiger partial charge on any atom is -0.394 e. The van der Waals surface area contributed by atoms with Gasteiger partial charge in [0.1, 0.15) is 0 Å². The van der Waals surface area contributed by atoms with Crippen LogP contribution in [-0.4, -0.2) is 27.3 Å². The Labute approximate surface area is 91.0 Å². The monoisotopic (exact) mass is 227 g/mol. The fourth-order valence-corrected chi connectivity index (χ4v) is 1.63. The van der Waals surface area contributed by atoms with Crippen molar-refractivity contribution in [2.75, 3.05) is 6.61 Å². The van der Waals surface area contributed by atoms with Crippen LogP contribution in [0.15, 0.2) is 29.1 Å². The number of rotatable bonds is 1. The summed E-state index contributed by atoms with van der Waals surface area (Å²) in [6, 6.07) is 7.54. The van der Waals surface area contributed by atoms with Crippen molar-refractivity contribution in [3.05, 3.63) is 34.6 Å². The molecule has 0 bridgehead atoms. The van der Waals surface area contributed by atoms with Crippen molar-refractivity contribution in [2.45, 2.75) is 13.0 Å². The Morgan fingerprint density at radius 3 is 2.60 bits per heavy atom. The van der Waals surface area contributed by atoms with Crippen LogP contribution in [-0.2, 0) is 0 Å². The number of hydrogen-bond donors (Lipinski definition) is 3. The summed E-state index contributed by atoms with van der Waals surface area (Å²) in [4.78, 5) is 10.9. The van der Waals surface area contributed by atoms with Crippen LogP contribution in [0.5, 0.6) is 0 Å². The van der Waals surface area contributed by atoms with Gasteiger partial charge in [-0.3, -0.25) is 9.17 Å². The molecule has 0 fully saturated rings. The highest BCUT2D eigenvalue weighted by molar-refractivity contribution is 7.13. The van der Waals surface area contributed by atoms with Crippen LogP contribution in [0.1, 0.15) is 6.92 Å². The normalized spacial score (nSPS) is 11.9. The molecule has 2 aromatic rings. The molecule has 0 spiro atoms. The summed E-state index contributed by atoms with van der Waals surface area (Å²) in [5, 5.41) is 16.8. The fourth-order valence-electron chi connectivity index (χ4n) is 0.900. The van der Waals surface area contributed by atoms with Crippen molar-refractivity contribution in [3.8, 4) is 0 Å². The van der Waals surface area contributed by atoms with Gasteiger partial charge in [-0.2, -0.15) is 0 Å². The Morgan fingerprint density at radius 2 is 2.07 bits per heavy atom. The molecular formula is C10H13NO3S. The molecule has 0 amide bonds. The second-order valence-electron chi connectivity index (χ2n) is 3.06. The van der Waals surface area contributed by atoms with Gasteiger partial charge in [0.25, 0.3) is 5.56 Å². The summed E-state index contributed by atoms with van der Waals surface area (Å²) >= 11 is 1.38. The number of hydrogen-bond acceptors (Lipinski definition) is 4. The Kier molecular flexibility index (Phi) is 4.48. The first kappa shape index (κ1) is 11.9. The van der Waals surface area contributed by atoms with Crippen LogP contribution < -0.4 is 5.56 Å². The highest BCUT2D eigenvalue weighted by Gasteiger charge is 1.96. The molecule has 0 saturated carbocycles. The zero-order valence-corrected chi connectivity index (χ0v) is 9.12.